The molecule has 0 spiro atoms. The van der Waals surface area contributed by atoms with Gasteiger partial charge < -0.3 is 14.6 Å². The van der Waals surface area contributed by atoms with Gasteiger partial charge in [-0.1, -0.05) is 50.6 Å². The predicted molar refractivity (Wildman–Crippen MR) is 136 cm³/mol. The highest BCUT2D eigenvalue weighted by atomic mass is 16.5. The Kier molecular flexibility index (Phi) is 9.11. The minimum atomic E-state index is -0.0199. The molecule has 1 heterocycles. The number of hydrogen-bond acceptors (Lipinski definition) is 3. The van der Waals surface area contributed by atoms with Crippen molar-refractivity contribution >= 4 is 16.9 Å². The molecule has 0 aliphatic heterocycles. The number of aromatic nitrogens is 2. The molecule has 33 heavy (non-hydrogen) atoms. The van der Waals surface area contributed by atoms with Crippen LogP contribution in [0.1, 0.15) is 62.9 Å². The molecule has 5 heteroatoms. The van der Waals surface area contributed by atoms with Gasteiger partial charge in [0.05, 0.1) is 17.6 Å². The van der Waals surface area contributed by atoms with E-state index in [1.54, 1.807) is 12.2 Å². The third-order valence-electron chi connectivity index (χ3n) is 5.79. The average molecular weight is 448 g/mol. The molecule has 5 nitrogen and oxygen atoms in total. The van der Waals surface area contributed by atoms with Crippen molar-refractivity contribution in [3.63, 3.8) is 0 Å². The molecule has 1 N–H and O–H groups in total. The number of unbranched alkanes of at least 4 members (excludes halogenated alkanes) is 2. The van der Waals surface area contributed by atoms with Crippen LogP contribution in [0.15, 0.2) is 54.6 Å². The van der Waals surface area contributed by atoms with E-state index in [2.05, 4.69) is 67.1 Å². The predicted octanol–water partition coefficient (Wildman–Crippen LogP) is 5.95. The van der Waals surface area contributed by atoms with Crippen LogP contribution in [-0.2, 0) is 17.8 Å². The van der Waals surface area contributed by atoms with Gasteiger partial charge in [0.25, 0.3) is 0 Å². The Morgan fingerprint density at radius 1 is 1.15 bits per heavy atom. The van der Waals surface area contributed by atoms with E-state index in [-0.39, 0.29) is 5.91 Å². The number of ether oxygens (including phenoxy) is 1. The van der Waals surface area contributed by atoms with E-state index in [4.69, 9.17) is 9.72 Å². The fourth-order valence-corrected chi connectivity index (χ4v) is 4.06. The molecule has 0 atom stereocenters. The molecule has 0 saturated heterocycles. The third-order valence-corrected chi connectivity index (χ3v) is 5.79. The summed E-state index contributed by atoms with van der Waals surface area (Å²) in [5, 5.41) is 2.91. The summed E-state index contributed by atoms with van der Waals surface area (Å²) in [5.41, 5.74) is 4.65. The summed E-state index contributed by atoms with van der Waals surface area (Å²) in [5.74, 6) is 2.49. The molecule has 176 valence electrons. The number of para-hydroxylation sites is 2. The molecule has 0 fully saturated rings. The number of allylic oxidation sites excluding steroid dienone is 1. The molecule has 0 saturated carbocycles. The lowest BCUT2D eigenvalue weighted by Gasteiger charge is -2.16. The third kappa shape index (κ3) is 6.95. The standard InChI is InChI=1S/C28H37N3O2/c1-5-11-28(32)29-17-10-6-7-14-27-30-24-12-8-9-13-25(24)31(27)18-19-33-26-20-22(4)15-16-23(26)21(2)3/h5,8-9,11-13,15-16,20-21H,6-7,10,14,17-19H2,1-4H3,(H,29,32)/b11-5+. The fraction of sp³-hybridized carbons (Fsp3) is 0.429. The van der Waals surface area contributed by atoms with Crippen molar-refractivity contribution in [2.45, 2.75) is 65.8 Å². The number of imidazole rings is 1. The van der Waals surface area contributed by atoms with Crippen LogP contribution in [0.25, 0.3) is 11.0 Å². The first-order valence-corrected chi connectivity index (χ1v) is 12.1. The normalized spacial score (nSPS) is 11.5. The molecule has 0 unspecified atom stereocenters. The molecule has 3 rings (SSSR count). The van der Waals surface area contributed by atoms with E-state index in [0.29, 0.717) is 19.1 Å². The molecule has 1 amide bonds. The highest BCUT2D eigenvalue weighted by Crippen LogP contribution is 2.27. The lowest BCUT2D eigenvalue weighted by molar-refractivity contribution is -0.116. The van der Waals surface area contributed by atoms with Crippen LogP contribution in [0.3, 0.4) is 0 Å². The fourth-order valence-electron chi connectivity index (χ4n) is 4.06. The largest absolute Gasteiger partial charge is 0.491 e. The number of hydrogen-bond donors (Lipinski definition) is 1. The van der Waals surface area contributed by atoms with E-state index in [9.17, 15) is 4.79 Å². The van der Waals surface area contributed by atoms with Gasteiger partial charge in [-0.15, -0.1) is 0 Å². The van der Waals surface area contributed by atoms with Gasteiger partial charge in [0.2, 0.25) is 5.91 Å². The minimum Gasteiger partial charge on any atom is -0.491 e. The maximum atomic E-state index is 11.5. The molecular formula is C28H37N3O2. The number of rotatable bonds is 12. The van der Waals surface area contributed by atoms with E-state index >= 15 is 0 Å². The molecule has 1 aromatic heterocycles. The summed E-state index contributed by atoms with van der Waals surface area (Å²) in [6.07, 6.45) is 7.30. The van der Waals surface area contributed by atoms with E-state index in [0.717, 1.165) is 54.8 Å². The molecule has 3 aromatic rings. The zero-order valence-electron chi connectivity index (χ0n) is 20.4. The number of nitrogens with one attached hydrogen (secondary N) is 1. The molecule has 0 aliphatic rings. The van der Waals surface area contributed by atoms with Gasteiger partial charge in [-0.25, -0.2) is 4.98 Å². The van der Waals surface area contributed by atoms with Crippen LogP contribution in [-0.4, -0.2) is 28.6 Å². The molecular weight excluding hydrogens is 410 g/mol. The number of fused-ring (bicyclic) bond motifs is 1. The summed E-state index contributed by atoms with van der Waals surface area (Å²) in [6, 6.07) is 14.8. The van der Waals surface area contributed by atoms with E-state index < -0.39 is 0 Å². The second kappa shape index (κ2) is 12.2. The Morgan fingerprint density at radius 3 is 2.76 bits per heavy atom. The van der Waals surface area contributed by atoms with Crippen LogP contribution < -0.4 is 10.1 Å². The summed E-state index contributed by atoms with van der Waals surface area (Å²) in [7, 11) is 0. The van der Waals surface area contributed by atoms with Crippen molar-refractivity contribution in [1.82, 2.24) is 14.9 Å². The van der Waals surface area contributed by atoms with Crippen LogP contribution in [0.5, 0.6) is 5.75 Å². The van der Waals surface area contributed by atoms with Gasteiger partial charge in [-0.05, 0) is 68.0 Å². The maximum absolute atomic E-state index is 11.5. The van der Waals surface area contributed by atoms with Crippen molar-refractivity contribution in [2.75, 3.05) is 13.2 Å². The van der Waals surface area contributed by atoms with E-state index in [1.165, 1.54) is 11.1 Å². The first kappa shape index (κ1) is 24.6. The summed E-state index contributed by atoms with van der Waals surface area (Å²) < 4.78 is 8.56. The van der Waals surface area contributed by atoms with Crippen molar-refractivity contribution < 1.29 is 9.53 Å². The van der Waals surface area contributed by atoms with E-state index in [1.807, 2.05) is 13.0 Å². The molecule has 0 aliphatic carbocycles. The Morgan fingerprint density at radius 2 is 1.97 bits per heavy atom. The van der Waals surface area contributed by atoms with Crippen LogP contribution in [0, 0.1) is 6.92 Å². The number of carbonyl (C=O) groups is 1. The smallest absolute Gasteiger partial charge is 0.243 e. The number of carbonyl (C=O) groups excluding carboxylic acids is 1. The van der Waals surface area contributed by atoms with Crippen molar-refractivity contribution in [3.05, 3.63) is 71.6 Å². The van der Waals surface area contributed by atoms with Gasteiger partial charge in [0.15, 0.2) is 0 Å². The van der Waals surface area contributed by atoms with Crippen LogP contribution in [0.4, 0.5) is 0 Å². The van der Waals surface area contributed by atoms with Crippen molar-refractivity contribution in [3.8, 4) is 5.75 Å². The highest BCUT2D eigenvalue weighted by molar-refractivity contribution is 5.87. The zero-order valence-corrected chi connectivity index (χ0v) is 20.4. The maximum Gasteiger partial charge on any atom is 0.243 e. The second-order valence-electron chi connectivity index (χ2n) is 8.81. The second-order valence-corrected chi connectivity index (χ2v) is 8.81. The first-order valence-electron chi connectivity index (χ1n) is 12.1. The van der Waals surface area contributed by atoms with Gasteiger partial charge in [0, 0.05) is 13.0 Å². The Hall–Kier alpha value is -3.08. The summed E-state index contributed by atoms with van der Waals surface area (Å²) in [4.78, 5) is 16.4. The molecule has 0 bridgehead atoms. The zero-order chi connectivity index (χ0) is 23.6. The summed E-state index contributed by atoms with van der Waals surface area (Å²) >= 11 is 0. The molecule has 0 radical (unpaired) electrons. The Bertz CT molecular complexity index is 1080. The quantitative estimate of drug-likeness (QED) is 0.276. The lowest BCUT2D eigenvalue weighted by Crippen LogP contribution is -2.22. The number of aryl methyl sites for hydroxylation is 2. The van der Waals surface area contributed by atoms with Crippen LogP contribution in [0.2, 0.25) is 0 Å². The van der Waals surface area contributed by atoms with Gasteiger partial charge >= 0.3 is 0 Å². The van der Waals surface area contributed by atoms with Crippen molar-refractivity contribution in [2.24, 2.45) is 0 Å². The molecule has 2 aromatic carbocycles. The first-order chi connectivity index (χ1) is 16.0. The highest BCUT2D eigenvalue weighted by Gasteiger charge is 2.12. The minimum absolute atomic E-state index is 0.0199. The lowest BCUT2D eigenvalue weighted by atomic mass is 10.0. The van der Waals surface area contributed by atoms with Gasteiger partial charge in [-0.2, -0.15) is 0 Å². The number of amides is 1. The Labute approximate surface area is 197 Å². The number of benzene rings is 2. The summed E-state index contributed by atoms with van der Waals surface area (Å²) in [6.45, 7) is 10.4. The number of nitrogens with zero attached hydrogens (tertiary/aromatic N) is 2. The monoisotopic (exact) mass is 447 g/mol. The van der Waals surface area contributed by atoms with Crippen LogP contribution >= 0.6 is 0 Å². The van der Waals surface area contributed by atoms with Crippen molar-refractivity contribution in [1.29, 1.82) is 0 Å². The SMILES string of the molecule is C/C=C/C(=O)NCCCCCc1nc2ccccc2n1CCOc1cc(C)ccc1C(C)C. The topological polar surface area (TPSA) is 56.2 Å². The average Bonchev–Trinajstić information content (AvgIpc) is 3.13. The van der Waals surface area contributed by atoms with Gasteiger partial charge in [0.1, 0.15) is 18.2 Å². The van der Waals surface area contributed by atoms with Gasteiger partial charge in [-0.3, -0.25) is 4.79 Å². The Balaban J connectivity index is 1.60.